The monoisotopic (exact) mass is 298 g/mol. The maximum Gasteiger partial charge on any atom is 0.328 e. The van der Waals surface area contributed by atoms with Gasteiger partial charge in [-0.05, 0) is 24.6 Å². The zero-order valence-corrected chi connectivity index (χ0v) is 10.6. The number of hydrogen-bond acceptors (Lipinski definition) is 3. The lowest BCUT2D eigenvalue weighted by atomic mass is 10.0. The Balaban J connectivity index is 3.26. The van der Waals surface area contributed by atoms with Gasteiger partial charge in [-0.25, -0.2) is 4.79 Å². The third-order valence-corrected chi connectivity index (χ3v) is 3.24. The summed E-state index contributed by atoms with van der Waals surface area (Å²) in [5.74, 6) is -1.31. The van der Waals surface area contributed by atoms with Gasteiger partial charge in [-0.1, -0.05) is 28.1 Å². The van der Waals surface area contributed by atoms with Gasteiger partial charge in [-0.3, -0.25) is 4.79 Å². The van der Waals surface area contributed by atoms with Crippen molar-refractivity contribution >= 4 is 33.8 Å². The second kappa shape index (κ2) is 5.63. The van der Waals surface area contributed by atoms with Gasteiger partial charge in [-0.2, -0.15) is 0 Å². The SMILES string of the molecule is CC(=O)C(Br)c1c(O)cccc1C=CC(=O)O. The second-order valence-electron chi connectivity index (χ2n) is 3.42. The number of phenolic OH excluding ortho intramolecular Hbond substituents is 1. The Bertz CT molecular complexity index is 479. The Morgan fingerprint density at radius 1 is 1.41 bits per heavy atom. The van der Waals surface area contributed by atoms with E-state index in [4.69, 9.17) is 5.11 Å². The Morgan fingerprint density at radius 2 is 2.06 bits per heavy atom. The van der Waals surface area contributed by atoms with E-state index >= 15 is 0 Å². The van der Waals surface area contributed by atoms with Crippen LogP contribution in [0.15, 0.2) is 24.3 Å². The second-order valence-corrected chi connectivity index (χ2v) is 4.34. The number of carbonyl (C=O) groups excluding carboxylic acids is 1. The quantitative estimate of drug-likeness (QED) is 0.661. The van der Waals surface area contributed by atoms with Crippen LogP contribution in [0.2, 0.25) is 0 Å². The molecule has 1 aromatic carbocycles. The van der Waals surface area contributed by atoms with Crippen LogP contribution in [-0.4, -0.2) is 22.0 Å². The molecule has 0 amide bonds. The van der Waals surface area contributed by atoms with Crippen molar-refractivity contribution in [2.75, 3.05) is 0 Å². The van der Waals surface area contributed by atoms with E-state index in [0.717, 1.165) is 6.08 Å². The van der Waals surface area contributed by atoms with Crippen molar-refractivity contribution in [3.63, 3.8) is 0 Å². The van der Waals surface area contributed by atoms with Crippen molar-refractivity contribution in [2.45, 2.75) is 11.8 Å². The number of halogens is 1. The highest BCUT2D eigenvalue weighted by Gasteiger charge is 2.19. The predicted octanol–water partition coefficient (Wildman–Crippen LogP) is 2.51. The lowest BCUT2D eigenvalue weighted by Crippen LogP contribution is -2.03. The van der Waals surface area contributed by atoms with Gasteiger partial charge in [0.1, 0.15) is 16.4 Å². The highest BCUT2D eigenvalue weighted by atomic mass is 79.9. The topological polar surface area (TPSA) is 74.6 Å². The van der Waals surface area contributed by atoms with Crippen molar-refractivity contribution in [1.82, 2.24) is 0 Å². The maximum absolute atomic E-state index is 11.3. The summed E-state index contributed by atoms with van der Waals surface area (Å²) in [4.78, 5) is 21.1. The third-order valence-electron chi connectivity index (χ3n) is 2.13. The highest BCUT2D eigenvalue weighted by molar-refractivity contribution is 9.09. The molecule has 0 heterocycles. The van der Waals surface area contributed by atoms with E-state index in [-0.39, 0.29) is 11.5 Å². The predicted molar refractivity (Wildman–Crippen MR) is 67.1 cm³/mol. The molecule has 0 spiro atoms. The summed E-state index contributed by atoms with van der Waals surface area (Å²) in [5.41, 5.74) is 0.863. The first kappa shape index (κ1) is 13.4. The molecule has 1 rings (SSSR count). The van der Waals surface area contributed by atoms with Crippen LogP contribution in [0.25, 0.3) is 6.08 Å². The van der Waals surface area contributed by atoms with Crippen LogP contribution in [-0.2, 0) is 9.59 Å². The van der Waals surface area contributed by atoms with Gasteiger partial charge >= 0.3 is 5.97 Å². The third kappa shape index (κ3) is 3.42. The van der Waals surface area contributed by atoms with E-state index < -0.39 is 10.8 Å². The van der Waals surface area contributed by atoms with Crippen molar-refractivity contribution < 1.29 is 19.8 Å². The first-order valence-electron chi connectivity index (χ1n) is 4.81. The molecule has 5 heteroatoms. The summed E-state index contributed by atoms with van der Waals surface area (Å²) < 4.78 is 0. The number of carboxylic acid groups (broad SMARTS) is 1. The van der Waals surface area contributed by atoms with Crippen molar-refractivity contribution in [2.24, 2.45) is 0 Å². The molecule has 1 aromatic rings. The number of aliphatic carboxylic acids is 1. The summed E-state index contributed by atoms with van der Waals surface area (Å²) in [6, 6.07) is 4.66. The van der Waals surface area contributed by atoms with Gasteiger partial charge < -0.3 is 10.2 Å². The van der Waals surface area contributed by atoms with Crippen LogP contribution >= 0.6 is 15.9 Å². The van der Waals surface area contributed by atoms with Gasteiger partial charge in [0.25, 0.3) is 0 Å². The van der Waals surface area contributed by atoms with Crippen LogP contribution < -0.4 is 0 Å². The number of carbonyl (C=O) groups is 2. The fourth-order valence-corrected chi connectivity index (χ4v) is 1.86. The van der Waals surface area contributed by atoms with Crippen LogP contribution in [0.5, 0.6) is 5.75 Å². The smallest absolute Gasteiger partial charge is 0.328 e. The number of alkyl halides is 1. The Labute approximate surface area is 107 Å². The van der Waals surface area contributed by atoms with Crippen molar-refractivity contribution in [3.05, 3.63) is 35.4 Å². The number of rotatable bonds is 4. The van der Waals surface area contributed by atoms with Crippen LogP contribution in [0, 0.1) is 0 Å². The minimum absolute atomic E-state index is 0.0467. The number of benzene rings is 1. The summed E-state index contributed by atoms with van der Waals surface area (Å²) in [6.45, 7) is 1.39. The number of ketones is 1. The molecule has 17 heavy (non-hydrogen) atoms. The molecule has 0 bridgehead atoms. The maximum atomic E-state index is 11.3. The van der Waals surface area contributed by atoms with E-state index in [2.05, 4.69) is 15.9 Å². The van der Waals surface area contributed by atoms with Gasteiger partial charge in [0, 0.05) is 11.6 Å². The number of aromatic hydroxyl groups is 1. The fourth-order valence-electron chi connectivity index (χ4n) is 1.36. The molecule has 2 N–H and O–H groups in total. The Morgan fingerprint density at radius 3 is 2.59 bits per heavy atom. The number of phenols is 1. The number of Topliss-reactive ketones (excluding diaryl/α,β-unsaturated/α-hetero) is 1. The molecular weight excluding hydrogens is 288 g/mol. The molecule has 0 radical (unpaired) electrons. The summed E-state index contributed by atoms with van der Waals surface area (Å²) in [5, 5.41) is 18.3. The minimum Gasteiger partial charge on any atom is -0.508 e. The van der Waals surface area contributed by atoms with Crippen LogP contribution in [0.4, 0.5) is 0 Å². The van der Waals surface area contributed by atoms with Gasteiger partial charge in [0.05, 0.1) is 0 Å². The van der Waals surface area contributed by atoms with E-state index in [0.29, 0.717) is 11.1 Å². The first-order valence-corrected chi connectivity index (χ1v) is 5.72. The van der Waals surface area contributed by atoms with Gasteiger partial charge in [0.15, 0.2) is 0 Å². The molecule has 0 saturated carbocycles. The summed E-state index contributed by atoms with van der Waals surface area (Å²) in [6.07, 6.45) is 2.30. The zero-order chi connectivity index (χ0) is 13.0. The summed E-state index contributed by atoms with van der Waals surface area (Å²) >= 11 is 3.17. The molecule has 0 aliphatic carbocycles. The molecule has 4 nitrogen and oxygen atoms in total. The molecule has 1 atom stereocenters. The molecule has 0 aromatic heterocycles. The molecule has 90 valence electrons. The molecule has 0 saturated heterocycles. The average Bonchev–Trinajstić information content (AvgIpc) is 2.25. The molecule has 0 fully saturated rings. The highest BCUT2D eigenvalue weighted by Crippen LogP contribution is 2.34. The van der Waals surface area contributed by atoms with E-state index in [9.17, 15) is 14.7 Å². The van der Waals surface area contributed by atoms with Crippen molar-refractivity contribution in [3.8, 4) is 5.75 Å². The van der Waals surface area contributed by atoms with E-state index in [1.165, 1.54) is 19.1 Å². The molecular formula is C12H11BrO4. The molecule has 1 unspecified atom stereocenters. The largest absolute Gasteiger partial charge is 0.508 e. The van der Waals surface area contributed by atoms with Gasteiger partial charge in [0.2, 0.25) is 0 Å². The van der Waals surface area contributed by atoms with Crippen LogP contribution in [0.1, 0.15) is 22.9 Å². The van der Waals surface area contributed by atoms with Crippen LogP contribution in [0.3, 0.4) is 0 Å². The van der Waals surface area contributed by atoms with Crippen molar-refractivity contribution in [1.29, 1.82) is 0 Å². The van der Waals surface area contributed by atoms with Gasteiger partial charge in [-0.15, -0.1) is 0 Å². The average molecular weight is 299 g/mol. The normalized spacial score (nSPS) is 12.6. The number of hydrogen-bond donors (Lipinski definition) is 2. The molecule has 0 aliphatic rings. The Hall–Kier alpha value is -1.62. The zero-order valence-electron chi connectivity index (χ0n) is 9.05. The standard InChI is InChI=1S/C12H11BrO4/c1-7(14)12(13)11-8(5-6-10(16)17)3-2-4-9(11)15/h2-6,12,15H,1H3,(H,16,17). The van der Waals surface area contributed by atoms with E-state index in [1.807, 2.05) is 0 Å². The van der Waals surface area contributed by atoms with E-state index in [1.54, 1.807) is 12.1 Å². The fraction of sp³-hybridized carbons (Fsp3) is 0.167. The molecule has 0 aliphatic heterocycles. The number of carboxylic acids is 1. The minimum atomic E-state index is -1.09. The summed E-state index contributed by atoms with van der Waals surface area (Å²) in [7, 11) is 0. The lowest BCUT2D eigenvalue weighted by Gasteiger charge is -2.12. The lowest BCUT2D eigenvalue weighted by molar-refractivity contribution is -0.131. The first-order chi connectivity index (χ1) is 7.93. The Kier molecular flexibility index (Phi) is 4.45.